The molecule has 0 aromatic carbocycles. The van der Waals surface area contributed by atoms with Crippen LogP contribution in [0.25, 0.3) is 0 Å². The first kappa shape index (κ1) is 7.26. The molecule has 0 fully saturated rings. The quantitative estimate of drug-likeness (QED) is 0.331. The van der Waals surface area contributed by atoms with Crippen LogP contribution in [0.1, 0.15) is 0 Å². The second-order valence-electron chi connectivity index (χ2n) is 1.36. The minimum atomic E-state index is -0.813. The molecular weight excluding hydrogens is 108 g/mol. The van der Waals surface area contributed by atoms with E-state index in [1.807, 2.05) is 0 Å². The maximum Gasteiger partial charge on any atom is 0.213 e. The summed E-state index contributed by atoms with van der Waals surface area (Å²) >= 11 is 0. The Morgan fingerprint density at radius 2 is 2.25 bits per heavy atom. The zero-order valence-electron chi connectivity index (χ0n) is 4.33. The van der Waals surface area contributed by atoms with Gasteiger partial charge < -0.3 is 11.5 Å². The van der Waals surface area contributed by atoms with E-state index < -0.39 is 11.8 Å². The Bertz CT molecular complexity index is 102. The summed E-state index contributed by atoms with van der Waals surface area (Å²) in [4.78, 5) is 19.8. The molecule has 0 radical (unpaired) electrons. The van der Waals surface area contributed by atoms with E-state index >= 15 is 0 Å². The molecule has 4 heteroatoms. The van der Waals surface area contributed by atoms with Crippen LogP contribution in [-0.4, -0.2) is 24.7 Å². The molecule has 0 spiro atoms. The van der Waals surface area contributed by atoms with Gasteiger partial charge in [-0.3, -0.25) is 9.59 Å². The summed E-state index contributed by atoms with van der Waals surface area (Å²) < 4.78 is 0. The van der Waals surface area contributed by atoms with Gasteiger partial charge in [0.2, 0.25) is 5.78 Å². The van der Waals surface area contributed by atoms with Crippen molar-refractivity contribution in [2.24, 2.45) is 11.5 Å². The number of hydrogen-bond donors (Lipinski definition) is 2. The van der Waals surface area contributed by atoms with Crippen LogP contribution < -0.4 is 11.5 Å². The fraction of sp³-hybridized carbons (Fsp3) is 0.500. The largest absolute Gasteiger partial charge is 0.328 e. The van der Waals surface area contributed by atoms with Crippen LogP contribution in [-0.2, 0) is 9.59 Å². The van der Waals surface area contributed by atoms with Crippen LogP contribution in [0.5, 0.6) is 0 Å². The van der Waals surface area contributed by atoms with Crippen molar-refractivity contribution in [2.75, 3.05) is 6.54 Å². The summed E-state index contributed by atoms with van der Waals surface area (Å²) in [6.07, 6.45) is 0.178. The van der Waals surface area contributed by atoms with Gasteiger partial charge in [0.15, 0.2) is 6.29 Å². The Morgan fingerprint density at radius 3 is 2.38 bits per heavy atom. The summed E-state index contributed by atoms with van der Waals surface area (Å²) in [5.74, 6) is -0.646. The molecule has 4 N–H and O–H groups in total. The zero-order chi connectivity index (χ0) is 6.57. The van der Waals surface area contributed by atoms with Crippen molar-refractivity contribution in [3.8, 4) is 0 Å². The summed E-state index contributed by atoms with van der Waals surface area (Å²) in [7, 11) is 0. The SMILES string of the molecule is NCC(N)C(=O)C=O. The van der Waals surface area contributed by atoms with Crippen molar-refractivity contribution >= 4 is 12.1 Å². The van der Waals surface area contributed by atoms with Crippen LogP contribution >= 0.6 is 0 Å². The van der Waals surface area contributed by atoms with E-state index in [0.29, 0.717) is 0 Å². The first-order chi connectivity index (χ1) is 3.72. The molecule has 46 valence electrons. The van der Waals surface area contributed by atoms with E-state index in [2.05, 4.69) is 0 Å². The lowest BCUT2D eigenvalue weighted by Crippen LogP contribution is -2.38. The molecule has 1 unspecified atom stereocenters. The van der Waals surface area contributed by atoms with Crippen molar-refractivity contribution in [1.29, 1.82) is 0 Å². The minimum Gasteiger partial charge on any atom is -0.328 e. The van der Waals surface area contributed by atoms with Crippen LogP contribution in [0.4, 0.5) is 0 Å². The Balaban J connectivity index is 3.62. The summed E-state index contributed by atoms with van der Waals surface area (Å²) in [5.41, 5.74) is 9.96. The Morgan fingerprint density at radius 1 is 1.75 bits per heavy atom. The van der Waals surface area contributed by atoms with Gasteiger partial charge in [0.1, 0.15) is 0 Å². The van der Waals surface area contributed by atoms with E-state index in [9.17, 15) is 9.59 Å². The highest BCUT2D eigenvalue weighted by molar-refractivity contribution is 6.27. The predicted molar refractivity (Wildman–Crippen MR) is 28.1 cm³/mol. The molecule has 0 aromatic rings. The number of carbonyl (C=O) groups excluding carboxylic acids is 2. The first-order valence-electron chi connectivity index (χ1n) is 2.17. The minimum absolute atomic E-state index is 0.0254. The van der Waals surface area contributed by atoms with Crippen LogP contribution in [0, 0.1) is 0 Å². The Hall–Kier alpha value is -0.740. The van der Waals surface area contributed by atoms with Crippen molar-refractivity contribution in [2.45, 2.75) is 6.04 Å². The number of ketones is 1. The molecule has 0 saturated carbocycles. The van der Waals surface area contributed by atoms with Crippen molar-refractivity contribution in [3.05, 3.63) is 0 Å². The van der Waals surface area contributed by atoms with E-state index in [1.165, 1.54) is 0 Å². The number of rotatable bonds is 3. The average molecular weight is 116 g/mol. The highest BCUT2D eigenvalue weighted by atomic mass is 16.2. The standard InChI is InChI=1S/C4H8N2O2/c5-1-3(6)4(8)2-7/h2-3H,1,5-6H2. The molecule has 0 amide bonds. The molecule has 0 aliphatic rings. The monoisotopic (exact) mass is 116 g/mol. The summed E-state index contributed by atoms with van der Waals surface area (Å²) in [6.45, 7) is 0.0254. The summed E-state index contributed by atoms with van der Waals surface area (Å²) in [5, 5.41) is 0. The van der Waals surface area contributed by atoms with Crippen LogP contribution in [0.2, 0.25) is 0 Å². The van der Waals surface area contributed by atoms with Crippen molar-refractivity contribution in [3.63, 3.8) is 0 Å². The molecule has 0 aliphatic carbocycles. The van der Waals surface area contributed by atoms with E-state index in [0.717, 1.165) is 0 Å². The summed E-state index contributed by atoms with van der Waals surface area (Å²) in [6, 6.07) is -0.813. The predicted octanol–water partition coefficient (Wildman–Crippen LogP) is -1.96. The molecule has 8 heavy (non-hydrogen) atoms. The molecule has 0 rings (SSSR count). The van der Waals surface area contributed by atoms with Crippen molar-refractivity contribution < 1.29 is 9.59 Å². The van der Waals surface area contributed by atoms with E-state index in [4.69, 9.17) is 11.5 Å². The third-order valence-corrected chi connectivity index (χ3v) is 0.736. The molecule has 0 saturated heterocycles. The topological polar surface area (TPSA) is 86.2 Å². The fourth-order valence-electron chi connectivity index (χ4n) is 0.204. The highest BCUT2D eigenvalue weighted by Crippen LogP contribution is 1.70. The molecule has 4 nitrogen and oxygen atoms in total. The van der Waals surface area contributed by atoms with Gasteiger partial charge in [0.05, 0.1) is 6.04 Å². The molecule has 0 heterocycles. The second kappa shape index (κ2) is 3.29. The number of carbonyl (C=O) groups is 2. The fourth-order valence-corrected chi connectivity index (χ4v) is 0.204. The molecule has 0 bridgehead atoms. The first-order valence-corrected chi connectivity index (χ1v) is 2.17. The van der Waals surface area contributed by atoms with Gasteiger partial charge in [-0.15, -0.1) is 0 Å². The number of hydrogen-bond acceptors (Lipinski definition) is 4. The number of Topliss-reactive ketones (excluding diaryl/α,β-unsaturated/α-hetero) is 1. The molecular formula is C4H8N2O2. The maximum absolute atomic E-state index is 10.2. The molecule has 1 atom stereocenters. The lowest BCUT2D eigenvalue weighted by atomic mass is 10.2. The average Bonchev–Trinajstić information content (AvgIpc) is 1.84. The van der Waals surface area contributed by atoms with Gasteiger partial charge in [-0.2, -0.15) is 0 Å². The Kier molecular flexibility index (Phi) is 2.98. The normalized spacial score (nSPS) is 12.8. The molecule has 0 aromatic heterocycles. The lowest BCUT2D eigenvalue weighted by molar-refractivity contribution is -0.130. The van der Waals surface area contributed by atoms with Gasteiger partial charge in [-0.05, 0) is 0 Å². The zero-order valence-corrected chi connectivity index (χ0v) is 4.33. The van der Waals surface area contributed by atoms with E-state index in [-0.39, 0.29) is 12.8 Å². The van der Waals surface area contributed by atoms with Gasteiger partial charge in [0, 0.05) is 6.54 Å². The Labute approximate surface area is 46.8 Å². The van der Waals surface area contributed by atoms with Gasteiger partial charge in [-0.25, -0.2) is 0 Å². The van der Waals surface area contributed by atoms with Gasteiger partial charge >= 0.3 is 0 Å². The van der Waals surface area contributed by atoms with Gasteiger partial charge in [-0.1, -0.05) is 0 Å². The van der Waals surface area contributed by atoms with Crippen LogP contribution in [0.3, 0.4) is 0 Å². The number of nitrogens with two attached hydrogens (primary N) is 2. The third-order valence-electron chi connectivity index (χ3n) is 0.736. The van der Waals surface area contributed by atoms with Crippen molar-refractivity contribution in [1.82, 2.24) is 0 Å². The third kappa shape index (κ3) is 1.81. The maximum atomic E-state index is 10.2. The van der Waals surface area contributed by atoms with E-state index in [1.54, 1.807) is 0 Å². The highest BCUT2D eigenvalue weighted by Gasteiger charge is 2.07. The second-order valence-corrected chi connectivity index (χ2v) is 1.36. The van der Waals surface area contributed by atoms with Crippen LogP contribution in [0.15, 0.2) is 0 Å². The molecule has 0 aliphatic heterocycles. The number of aldehydes is 1. The smallest absolute Gasteiger partial charge is 0.213 e. The lowest BCUT2D eigenvalue weighted by Gasteiger charge is -1.98. The van der Waals surface area contributed by atoms with Gasteiger partial charge in [0.25, 0.3) is 0 Å².